The van der Waals surface area contributed by atoms with E-state index in [1.165, 1.54) is 0 Å². The van der Waals surface area contributed by atoms with Crippen LogP contribution in [0.2, 0.25) is 0 Å². The molecule has 1 amide bonds. The lowest BCUT2D eigenvalue weighted by Crippen LogP contribution is -2.53. The number of carboxylic acid groups (broad SMARTS) is 1. The SMILES string of the molecule is O=C(NC1(C(=O)O)CCCC1)C1CSc2ccccc21. The summed E-state index contributed by atoms with van der Waals surface area (Å²) in [5.74, 6) is -0.581. The largest absolute Gasteiger partial charge is 0.480 e. The van der Waals surface area contributed by atoms with Crippen molar-refractivity contribution < 1.29 is 14.7 Å². The maximum atomic E-state index is 12.5. The third-order valence-electron chi connectivity index (χ3n) is 4.25. The molecule has 1 fully saturated rings. The van der Waals surface area contributed by atoms with Crippen LogP contribution in [-0.2, 0) is 9.59 Å². The van der Waals surface area contributed by atoms with Gasteiger partial charge in [-0.25, -0.2) is 4.79 Å². The standard InChI is InChI=1S/C15H17NO3S/c17-13(16-15(14(18)19)7-3-4-8-15)11-9-20-12-6-2-1-5-10(11)12/h1-2,5-6,11H,3-4,7-9H2,(H,16,17)(H,18,19). The number of hydrogen-bond acceptors (Lipinski definition) is 3. The molecule has 0 radical (unpaired) electrons. The van der Waals surface area contributed by atoms with Crippen LogP contribution in [0.4, 0.5) is 0 Å². The summed E-state index contributed by atoms with van der Waals surface area (Å²) in [4.78, 5) is 25.1. The molecule has 106 valence electrons. The Morgan fingerprint density at radius 2 is 1.95 bits per heavy atom. The highest BCUT2D eigenvalue weighted by atomic mass is 32.2. The molecule has 1 aliphatic heterocycles. The van der Waals surface area contributed by atoms with E-state index in [-0.39, 0.29) is 11.8 Å². The third-order valence-corrected chi connectivity index (χ3v) is 5.43. The van der Waals surface area contributed by atoms with Crippen molar-refractivity contribution in [2.24, 2.45) is 0 Å². The predicted molar refractivity (Wildman–Crippen MR) is 76.9 cm³/mol. The molecule has 0 spiro atoms. The van der Waals surface area contributed by atoms with E-state index in [9.17, 15) is 14.7 Å². The zero-order valence-corrected chi connectivity index (χ0v) is 11.9. The molecule has 0 aromatic heterocycles. The summed E-state index contributed by atoms with van der Waals surface area (Å²) in [5, 5.41) is 12.3. The summed E-state index contributed by atoms with van der Waals surface area (Å²) in [7, 11) is 0. The Bertz CT molecular complexity index is 552. The molecule has 1 atom stereocenters. The molecule has 1 unspecified atom stereocenters. The smallest absolute Gasteiger partial charge is 0.329 e. The van der Waals surface area contributed by atoms with Gasteiger partial charge in [-0.15, -0.1) is 11.8 Å². The van der Waals surface area contributed by atoms with Crippen molar-refractivity contribution in [2.45, 2.75) is 42.0 Å². The van der Waals surface area contributed by atoms with Gasteiger partial charge in [0.2, 0.25) is 5.91 Å². The number of nitrogens with one attached hydrogen (secondary N) is 1. The molecule has 1 heterocycles. The van der Waals surface area contributed by atoms with Gasteiger partial charge in [-0.05, 0) is 24.5 Å². The number of hydrogen-bond donors (Lipinski definition) is 2. The molecule has 1 saturated carbocycles. The van der Waals surface area contributed by atoms with E-state index in [0.717, 1.165) is 23.3 Å². The Kier molecular flexibility index (Phi) is 3.46. The molecule has 1 aromatic rings. The normalized spacial score (nSPS) is 23.3. The molecular formula is C15H17NO3S. The zero-order chi connectivity index (χ0) is 14.2. The van der Waals surface area contributed by atoms with Crippen LogP contribution in [0.5, 0.6) is 0 Å². The molecule has 2 N–H and O–H groups in total. The van der Waals surface area contributed by atoms with Gasteiger partial charge in [0, 0.05) is 10.6 Å². The van der Waals surface area contributed by atoms with E-state index in [2.05, 4.69) is 5.32 Å². The van der Waals surface area contributed by atoms with Crippen molar-refractivity contribution in [3.05, 3.63) is 29.8 Å². The first kappa shape index (κ1) is 13.5. The summed E-state index contributed by atoms with van der Waals surface area (Å²) in [6.07, 6.45) is 2.80. The van der Waals surface area contributed by atoms with Crippen LogP contribution in [-0.4, -0.2) is 28.3 Å². The van der Waals surface area contributed by atoms with Crippen LogP contribution in [0.1, 0.15) is 37.2 Å². The van der Waals surface area contributed by atoms with Crippen molar-refractivity contribution in [3.63, 3.8) is 0 Å². The van der Waals surface area contributed by atoms with Crippen LogP contribution >= 0.6 is 11.8 Å². The van der Waals surface area contributed by atoms with Gasteiger partial charge in [-0.1, -0.05) is 31.0 Å². The number of rotatable bonds is 3. The highest BCUT2D eigenvalue weighted by Gasteiger charge is 2.44. The molecule has 1 aromatic carbocycles. The van der Waals surface area contributed by atoms with E-state index in [4.69, 9.17) is 0 Å². The van der Waals surface area contributed by atoms with Crippen molar-refractivity contribution >= 4 is 23.6 Å². The number of thioether (sulfide) groups is 1. The van der Waals surface area contributed by atoms with Gasteiger partial charge >= 0.3 is 5.97 Å². The molecule has 2 aliphatic rings. The fourth-order valence-corrected chi connectivity index (χ4v) is 4.30. The Morgan fingerprint density at radius 1 is 1.25 bits per heavy atom. The predicted octanol–water partition coefficient (Wildman–Crippen LogP) is 2.39. The lowest BCUT2D eigenvalue weighted by atomic mass is 9.94. The van der Waals surface area contributed by atoms with Gasteiger partial charge in [0.25, 0.3) is 0 Å². The van der Waals surface area contributed by atoms with Gasteiger partial charge in [0.15, 0.2) is 0 Å². The monoisotopic (exact) mass is 291 g/mol. The second kappa shape index (κ2) is 5.13. The van der Waals surface area contributed by atoms with Crippen molar-refractivity contribution in [1.29, 1.82) is 0 Å². The molecular weight excluding hydrogens is 274 g/mol. The number of aliphatic carboxylic acids is 1. The zero-order valence-electron chi connectivity index (χ0n) is 11.1. The Hall–Kier alpha value is -1.49. The number of benzene rings is 1. The number of carboxylic acids is 1. The van der Waals surface area contributed by atoms with E-state index < -0.39 is 11.5 Å². The average Bonchev–Trinajstić information content (AvgIpc) is 3.05. The molecule has 3 rings (SSSR count). The topological polar surface area (TPSA) is 66.4 Å². The van der Waals surface area contributed by atoms with Crippen LogP contribution in [0, 0.1) is 0 Å². The van der Waals surface area contributed by atoms with Gasteiger partial charge in [-0.3, -0.25) is 4.79 Å². The minimum Gasteiger partial charge on any atom is -0.480 e. The first-order chi connectivity index (χ1) is 9.62. The fourth-order valence-electron chi connectivity index (χ4n) is 3.07. The molecule has 1 aliphatic carbocycles. The van der Waals surface area contributed by atoms with Crippen LogP contribution in [0.3, 0.4) is 0 Å². The van der Waals surface area contributed by atoms with Gasteiger partial charge in [-0.2, -0.15) is 0 Å². The van der Waals surface area contributed by atoms with E-state index in [1.54, 1.807) is 11.8 Å². The minimum absolute atomic E-state index is 0.147. The summed E-state index contributed by atoms with van der Waals surface area (Å²) in [6.45, 7) is 0. The summed E-state index contributed by atoms with van der Waals surface area (Å²) in [6, 6.07) is 7.85. The van der Waals surface area contributed by atoms with Crippen LogP contribution in [0.25, 0.3) is 0 Å². The van der Waals surface area contributed by atoms with E-state index >= 15 is 0 Å². The quantitative estimate of drug-likeness (QED) is 0.897. The van der Waals surface area contributed by atoms with Crippen LogP contribution in [0.15, 0.2) is 29.2 Å². The second-order valence-electron chi connectivity index (χ2n) is 5.49. The van der Waals surface area contributed by atoms with Gasteiger partial charge in [0.1, 0.15) is 5.54 Å². The van der Waals surface area contributed by atoms with Gasteiger partial charge < -0.3 is 10.4 Å². The first-order valence-corrected chi connectivity index (χ1v) is 7.88. The number of amides is 1. The number of carbonyl (C=O) groups is 2. The number of fused-ring (bicyclic) bond motifs is 1. The lowest BCUT2D eigenvalue weighted by Gasteiger charge is -2.27. The van der Waals surface area contributed by atoms with Crippen molar-refractivity contribution in [2.75, 3.05) is 5.75 Å². The highest BCUT2D eigenvalue weighted by Crippen LogP contribution is 2.40. The second-order valence-corrected chi connectivity index (χ2v) is 6.55. The molecule has 0 bridgehead atoms. The van der Waals surface area contributed by atoms with E-state index in [1.807, 2.05) is 24.3 Å². The molecule has 0 saturated heterocycles. The first-order valence-electron chi connectivity index (χ1n) is 6.89. The number of carbonyl (C=O) groups excluding carboxylic acids is 1. The molecule has 5 heteroatoms. The van der Waals surface area contributed by atoms with Crippen molar-refractivity contribution in [3.8, 4) is 0 Å². The van der Waals surface area contributed by atoms with E-state index in [0.29, 0.717) is 18.6 Å². The minimum atomic E-state index is -1.04. The summed E-state index contributed by atoms with van der Waals surface area (Å²) in [5.41, 5.74) is -0.0206. The van der Waals surface area contributed by atoms with Crippen LogP contribution < -0.4 is 5.32 Å². The highest BCUT2D eigenvalue weighted by molar-refractivity contribution is 7.99. The van der Waals surface area contributed by atoms with Gasteiger partial charge in [0.05, 0.1) is 5.92 Å². The Balaban J connectivity index is 1.79. The maximum absolute atomic E-state index is 12.5. The summed E-state index contributed by atoms with van der Waals surface area (Å²) >= 11 is 1.66. The Morgan fingerprint density at radius 3 is 2.65 bits per heavy atom. The fraction of sp³-hybridized carbons (Fsp3) is 0.467. The molecule has 20 heavy (non-hydrogen) atoms. The third kappa shape index (κ3) is 2.20. The summed E-state index contributed by atoms with van der Waals surface area (Å²) < 4.78 is 0. The van der Waals surface area contributed by atoms with Crippen molar-refractivity contribution in [1.82, 2.24) is 5.32 Å². The lowest BCUT2D eigenvalue weighted by molar-refractivity contribution is -0.147. The average molecular weight is 291 g/mol. The Labute approximate surface area is 121 Å². The molecule has 4 nitrogen and oxygen atoms in total. The maximum Gasteiger partial charge on any atom is 0.329 e.